The second-order valence-corrected chi connectivity index (χ2v) is 2.33. The van der Waals surface area contributed by atoms with E-state index < -0.39 is 0 Å². The van der Waals surface area contributed by atoms with E-state index in [2.05, 4.69) is 16.9 Å². The first-order valence-corrected chi connectivity index (χ1v) is 3.30. The molecule has 3 heteroatoms. The molecule has 1 amide bonds. The predicted molar refractivity (Wildman–Crippen MR) is 44.2 cm³/mol. The summed E-state index contributed by atoms with van der Waals surface area (Å²) in [6.45, 7) is 5.18. The molecule has 1 rings (SSSR count). The van der Waals surface area contributed by atoms with Crippen LogP contribution in [0.2, 0.25) is 0 Å². The van der Waals surface area contributed by atoms with Crippen molar-refractivity contribution in [2.24, 2.45) is 0 Å². The van der Waals surface area contributed by atoms with Crippen molar-refractivity contribution in [3.63, 3.8) is 0 Å². The summed E-state index contributed by atoms with van der Waals surface area (Å²) in [5.74, 6) is -0.149. The zero-order chi connectivity index (χ0) is 8.27. The minimum absolute atomic E-state index is 0.149. The van der Waals surface area contributed by atoms with Crippen LogP contribution >= 0.6 is 0 Å². The Labute approximate surface area is 65.1 Å². The molecule has 1 aromatic rings. The molecule has 0 unspecified atom stereocenters. The maximum atomic E-state index is 11.0. The number of aromatic amines is 1. The summed E-state index contributed by atoms with van der Waals surface area (Å²) in [4.78, 5) is 13.8. The van der Waals surface area contributed by atoms with E-state index in [0.717, 1.165) is 5.69 Å². The summed E-state index contributed by atoms with van der Waals surface area (Å²) in [5.41, 5.74) is 1.27. The Morgan fingerprint density at radius 2 is 2.45 bits per heavy atom. The van der Waals surface area contributed by atoms with Crippen molar-refractivity contribution in [1.82, 2.24) is 4.98 Å². The van der Waals surface area contributed by atoms with Crippen molar-refractivity contribution < 1.29 is 4.79 Å². The van der Waals surface area contributed by atoms with Gasteiger partial charge < -0.3 is 10.3 Å². The van der Waals surface area contributed by atoms with Crippen LogP contribution in [0.5, 0.6) is 0 Å². The second kappa shape index (κ2) is 3.05. The number of hydrogen-bond donors (Lipinski definition) is 2. The molecular weight excluding hydrogens is 140 g/mol. The molecule has 0 fully saturated rings. The minimum Gasteiger partial charge on any atom is -0.366 e. The van der Waals surface area contributed by atoms with Crippen LogP contribution < -0.4 is 5.32 Å². The number of carbonyl (C=O) groups excluding carboxylic acids is 1. The molecule has 0 atom stereocenters. The highest BCUT2D eigenvalue weighted by molar-refractivity contribution is 6.02. The van der Waals surface area contributed by atoms with E-state index in [9.17, 15) is 4.79 Å². The lowest BCUT2D eigenvalue weighted by Gasteiger charge is -1.99. The maximum Gasteiger partial charge on any atom is 0.250 e. The number of anilines is 1. The maximum absolute atomic E-state index is 11.0. The van der Waals surface area contributed by atoms with Crippen LogP contribution in [0.3, 0.4) is 0 Å². The zero-order valence-electron chi connectivity index (χ0n) is 6.35. The highest BCUT2D eigenvalue weighted by Crippen LogP contribution is 2.04. The molecular formula is C8H10N2O. The largest absolute Gasteiger partial charge is 0.366 e. The Morgan fingerprint density at radius 1 is 1.73 bits per heavy atom. The van der Waals surface area contributed by atoms with Crippen molar-refractivity contribution in [3.8, 4) is 0 Å². The third-order valence-electron chi connectivity index (χ3n) is 1.24. The molecule has 0 saturated heterocycles. The average Bonchev–Trinajstić information content (AvgIpc) is 2.39. The SMILES string of the molecule is C=C(C)C(=O)Nc1cc[nH]c1. The van der Waals surface area contributed by atoms with Gasteiger partial charge in [0, 0.05) is 18.0 Å². The van der Waals surface area contributed by atoms with Crippen LogP contribution in [-0.2, 0) is 4.79 Å². The molecule has 0 aromatic carbocycles. The van der Waals surface area contributed by atoms with Crippen molar-refractivity contribution in [1.29, 1.82) is 0 Å². The fourth-order valence-corrected chi connectivity index (χ4v) is 0.639. The van der Waals surface area contributed by atoms with Crippen molar-refractivity contribution in [2.45, 2.75) is 6.92 Å². The molecule has 0 radical (unpaired) electrons. The fourth-order valence-electron chi connectivity index (χ4n) is 0.639. The van der Waals surface area contributed by atoms with E-state index in [1.54, 1.807) is 25.4 Å². The van der Waals surface area contributed by atoms with E-state index in [-0.39, 0.29) is 5.91 Å². The first kappa shape index (κ1) is 7.60. The Hall–Kier alpha value is -1.51. The van der Waals surface area contributed by atoms with Gasteiger partial charge in [-0.15, -0.1) is 0 Å². The zero-order valence-corrected chi connectivity index (χ0v) is 6.35. The quantitative estimate of drug-likeness (QED) is 0.617. The van der Waals surface area contributed by atoms with Gasteiger partial charge in [-0.1, -0.05) is 6.58 Å². The number of rotatable bonds is 2. The van der Waals surface area contributed by atoms with Gasteiger partial charge in [0.2, 0.25) is 0 Å². The smallest absolute Gasteiger partial charge is 0.250 e. The van der Waals surface area contributed by atoms with Gasteiger partial charge >= 0.3 is 0 Å². The highest BCUT2D eigenvalue weighted by atomic mass is 16.1. The van der Waals surface area contributed by atoms with Crippen LogP contribution in [0.25, 0.3) is 0 Å². The Bertz CT molecular complexity index is 262. The molecule has 11 heavy (non-hydrogen) atoms. The van der Waals surface area contributed by atoms with Gasteiger partial charge in [-0.05, 0) is 13.0 Å². The van der Waals surface area contributed by atoms with Crippen molar-refractivity contribution >= 4 is 11.6 Å². The number of hydrogen-bond acceptors (Lipinski definition) is 1. The summed E-state index contributed by atoms with van der Waals surface area (Å²) < 4.78 is 0. The summed E-state index contributed by atoms with van der Waals surface area (Å²) in [5, 5.41) is 2.65. The van der Waals surface area contributed by atoms with Crippen molar-refractivity contribution in [3.05, 3.63) is 30.6 Å². The summed E-state index contributed by atoms with van der Waals surface area (Å²) in [6, 6.07) is 1.78. The number of nitrogens with one attached hydrogen (secondary N) is 2. The van der Waals surface area contributed by atoms with Crippen molar-refractivity contribution in [2.75, 3.05) is 5.32 Å². The number of amides is 1. The molecule has 0 aliphatic rings. The third kappa shape index (κ3) is 1.97. The Balaban J connectivity index is 2.57. The predicted octanol–water partition coefficient (Wildman–Crippen LogP) is 1.53. The summed E-state index contributed by atoms with van der Waals surface area (Å²) in [7, 11) is 0. The normalized spacial score (nSPS) is 9.18. The topological polar surface area (TPSA) is 44.9 Å². The third-order valence-corrected chi connectivity index (χ3v) is 1.24. The Morgan fingerprint density at radius 3 is 2.91 bits per heavy atom. The summed E-state index contributed by atoms with van der Waals surface area (Å²) >= 11 is 0. The molecule has 3 nitrogen and oxygen atoms in total. The molecule has 1 aromatic heterocycles. The molecule has 0 spiro atoms. The number of aromatic nitrogens is 1. The van der Waals surface area contributed by atoms with Gasteiger partial charge in [0.05, 0.1) is 5.69 Å². The van der Waals surface area contributed by atoms with Crippen LogP contribution in [0.1, 0.15) is 6.92 Å². The van der Waals surface area contributed by atoms with E-state index >= 15 is 0 Å². The first-order chi connectivity index (χ1) is 5.20. The molecule has 2 N–H and O–H groups in total. The van der Waals surface area contributed by atoms with Gasteiger partial charge in [0.15, 0.2) is 0 Å². The molecule has 0 aliphatic carbocycles. The van der Waals surface area contributed by atoms with Gasteiger partial charge in [0.1, 0.15) is 0 Å². The minimum atomic E-state index is -0.149. The molecule has 0 saturated carbocycles. The van der Waals surface area contributed by atoms with Crippen LogP contribution in [0, 0.1) is 0 Å². The van der Waals surface area contributed by atoms with Crippen LogP contribution in [-0.4, -0.2) is 10.9 Å². The molecule has 0 bridgehead atoms. The number of carbonyl (C=O) groups is 1. The second-order valence-electron chi connectivity index (χ2n) is 2.33. The van der Waals surface area contributed by atoms with E-state index in [0.29, 0.717) is 5.57 Å². The standard InChI is InChI=1S/C8H10N2O/c1-6(2)8(11)10-7-3-4-9-5-7/h3-5,9H,1H2,2H3,(H,10,11). The monoisotopic (exact) mass is 150 g/mol. The number of H-pyrrole nitrogens is 1. The van der Waals surface area contributed by atoms with E-state index in [1.807, 2.05) is 0 Å². The molecule has 58 valence electrons. The van der Waals surface area contributed by atoms with Gasteiger partial charge in [0.25, 0.3) is 5.91 Å². The molecule has 0 aliphatic heterocycles. The lowest BCUT2D eigenvalue weighted by molar-refractivity contribution is -0.112. The lowest BCUT2D eigenvalue weighted by Crippen LogP contribution is -2.10. The summed E-state index contributed by atoms with van der Waals surface area (Å²) in [6.07, 6.45) is 3.45. The van der Waals surface area contributed by atoms with E-state index in [4.69, 9.17) is 0 Å². The Kier molecular flexibility index (Phi) is 2.11. The highest BCUT2D eigenvalue weighted by Gasteiger charge is 2.00. The van der Waals surface area contributed by atoms with Gasteiger partial charge in [-0.3, -0.25) is 4.79 Å². The average molecular weight is 150 g/mol. The van der Waals surface area contributed by atoms with Gasteiger partial charge in [-0.2, -0.15) is 0 Å². The lowest BCUT2D eigenvalue weighted by atomic mass is 10.3. The fraction of sp³-hybridized carbons (Fsp3) is 0.125. The van der Waals surface area contributed by atoms with Crippen LogP contribution in [0.4, 0.5) is 5.69 Å². The van der Waals surface area contributed by atoms with Gasteiger partial charge in [-0.25, -0.2) is 0 Å². The molecule has 1 heterocycles. The first-order valence-electron chi connectivity index (χ1n) is 3.30. The van der Waals surface area contributed by atoms with E-state index in [1.165, 1.54) is 0 Å². The van der Waals surface area contributed by atoms with Crippen LogP contribution in [0.15, 0.2) is 30.6 Å².